The summed E-state index contributed by atoms with van der Waals surface area (Å²) in [5.74, 6) is -0.0299. The number of ether oxygens (including phenoxy) is 1. The second-order valence-corrected chi connectivity index (χ2v) is 5.80. The molecule has 1 amide bonds. The summed E-state index contributed by atoms with van der Waals surface area (Å²) < 4.78 is 7.47. The van der Waals surface area contributed by atoms with Gasteiger partial charge in [0.15, 0.2) is 0 Å². The molecule has 6 nitrogen and oxygen atoms in total. The Morgan fingerprint density at radius 2 is 2.24 bits per heavy atom. The molecule has 0 spiro atoms. The second kappa shape index (κ2) is 9.77. The topological polar surface area (TPSA) is 68.2 Å². The number of imidazole rings is 1. The molecule has 2 N–H and O–H groups in total. The number of carbonyl (C=O) groups is 1. The lowest BCUT2D eigenvalue weighted by Gasteiger charge is -2.30. The molecule has 2 aromatic rings. The number of morpholine rings is 1. The van der Waals surface area contributed by atoms with Crippen LogP contribution in [-0.2, 0) is 9.53 Å². The first-order valence-electron chi connectivity index (χ1n) is 7.89. The third-order valence-corrected chi connectivity index (χ3v) is 4.13. The van der Waals surface area contributed by atoms with Crippen molar-refractivity contribution in [3.63, 3.8) is 0 Å². The lowest BCUT2D eigenvalue weighted by atomic mass is 10.1. The fourth-order valence-electron chi connectivity index (χ4n) is 2.78. The fourth-order valence-corrected chi connectivity index (χ4v) is 2.78. The minimum absolute atomic E-state index is 0. The number of hydrogen-bond donors (Lipinski definition) is 2. The Kier molecular flexibility index (Phi) is 8.38. The summed E-state index contributed by atoms with van der Waals surface area (Å²) in [5, 5.41) is 6.27. The van der Waals surface area contributed by atoms with Crippen LogP contribution in [0.2, 0.25) is 0 Å². The van der Waals surface area contributed by atoms with Gasteiger partial charge in [-0.25, -0.2) is 4.98 Å². The van der Waals surface area contributed by atoms with Crippen LogP contribution in [0.3, 0.4) is 0 Å². The van der Waals surface area contributed by atoms with E-state index in [0.717, 1.165) is 11.3 Å². The highest BCUT2D eigenvalue weighted by Gasteiger charge is 2.29. The largest absolute Gasteiger partial charge is 0.375 e. The zero-order valence-corrected chi connectivity index (χ0v) is 15.8. The second-order valence-electron chi connectivity index (χ2n) is 5.80. The Bertz CT molecular complexity index is 666. The van der Waals surface area contributed by atoms with Crippen LogP contribution in [0.25, 0.3) is 5.69 Å². The van der Waals surface area contributed by atoms with E-state index in [9.17, 15) is 4.79 Å². The standard InChI is InChI=1S/C17H22N4O2.2ClH/c1-12(20-17(22)16-13(2)23-9-7-19-16)14-4-3-5-15(10-14)21-8-6-18-11-21;;/h3-6,8,10-13,16,19H,7,9H2,1-2H3,(H,20,22);2*1H/t12?,13-,16+;;/m1../s1. The van der Waals surface area contributed by atoms with Gasteiger partial charge in [0.25, 0.3) is 0 Å². The zero-order valence-electron chi connectivity index (χ0n) is 14.2. The number of benzene rings is 1. The summed E-state index contributed by atoms with van der Waals surface area (Å²) in [4.78, 5) is 16.5. The molecular formula is C17H24Cl2N4O2. The van der Waals surface area contributed by atoms with Gasteiger partial charge in [-0.3, -0.25) is 4.79 Å². The Hall–Kier alpha value is -1.60. The maximum absolute atomic E-state index is 12.4. The Balaban J connectivity index is 0.00000156. The molecule has 25 heavy (non-hydrogen) atoms. The van der Waals surface area contributed by atoms with Crippen molar-refractivity contribution in [2.45, 2.75) is 32.0 Å². The number of nitrogens with one attached hydrogen (secondary N) is 2. The third kappa shape index (κ3) is 5.19. The van der Waals surface area contributed by atoms with Crippen molar-refractivity contribution in [3.05, 3.63) is 48.5 Å². The van der Waals surface area contributed by atoms with Crippen molar-refractivity contribution in [3.8, 4) is 5.69 Å². The van der Waals surface area contributed by atoms with Crippen molar-refractivity contribution in [2.75, 3.05) is 13.2 Å². The molecule has 1 aliphatic rings. The molecule has 2 heterocycles. The van der Waals surface area contributed by atoms with Crippen LogP contribution < -0.4 is 10.6 Å². The minimum Gasteiger partial charge on any atom is -0.375 e. The number of carbonyl (C=O) groups excluding carboxylic acids is 1. The van der Waals surface area contributed by atoms with Crippen molar-refractivity contribution < 1.29 is 9.53 Å². The van der Waals surface area contributed by atoms with Crippen molar-refractivity contribution >= 4 is 30.7 Å². The van der Waals surface area contributed by atoms with Gasteiger partial charge in [-0.15, -0.1) is 24.8 Å². The number of rotatable bonds is 4. The van der Waals surface area contributed by atoms with Crippen LogP contribution >= 0.6 is 24.8 Å². The van der Waals surface area contributed by atoms with Crippen LogP contribution in [0, 0.1) is 0 Å². The normalized spacial score (nSPS) is 20.7. The highest BCUT2D eigenvalue weighted by molar-refractivity contribution is 5.85. The molecular weight excluding hydrogens is 363 g/mol. The van der Waals surface area contributed by atoms with E-state index in [0.29, 0.717) is 13.2 Å². The van der Waals surface area contributed by atoms with E-state index in [4.69, 9.17) is 4.74 Å². The van der Waals surface area contributed by atoms with Crippen LogP contribution in [0.5, 0.6) is 0 Å². The molecule has 1 fully saturated rings. The average Bonchev–Trinajstić information content (AvgIpc) is 3.10. The number of halogens is 2. The first-order chi connectivity index (χ1) is 11.1. The number of amides is 1. The van der Waals surface area contributed by atoms with E-state index in [1.165, 1.54) is 0 Å². The summed E-state index contributed by atoms with van der Waals surface area (Å²) in [6.45, 7) is 5.25. The molecule has 138 valence electrons. The minimum atomic E-state index is -0.303. The Morgan fingerprint density at radius 1 is 1.44 bits per heavy atom. The van der Waals surface area contributed by atoms with Gasteiger partial charge in [-0.05, 0) is 31.5 Å². The number of hydrogen-bond acceptors (Lipinski definition) is 4. The molecule has 0 aliphatic carbocycles. The first-order valence-corrected chi connectivity index (χ1v) is 7.89. The fraction of sp³-hybridized carbons (Fsp3) is 0.412. The third-order valence-electron chi connectivity index (χ3n) is 4.13. The quantitative estimate of drug-likeness (QED) is 0.845. The summed E-state index contributed by atoms with van der Waals surface area (Å²) in [5.41, 5.74) is 2.07. The van der Waals surface area contributed by atoms with Crippen molar-refractivity contribution in [1.29, 1.82) is 0 Å². The van der Waals surface area contributed by atoms with E-state index in [1.807, 2.05) is 42.8 Å². The Labute approximate surface area is 160 Å². The maximum Gasteiger partial charge on any atom is 0.240 e. The van der Waals surface area contributed by atoms with Gasteiger partial charge in [-0.2, -0.15) is 0 Å². The SMILES string of the molecule is CC(NC(=O)[C@H]1NCCO[C@@H]1C)c1cccc(-n2ccnc2)c1.Cl.Cl. The van der Waals surface area contributed by atoms with Gasteiger partial charge in [0.05, 0.1) is 25.1 Å². The van der Waals surface area contributed by atoms with Gasteiger partial charge < -0.3 is 19.9 Å². The maximum atomic E-state index is 12.4. The highest BCUT2D eigenvalue weighted by Crippen LogP contribution is 2.17. The zero-order chi connectivity index (χ0) is 16.2. The van der Waals surface area contributed by atoms with E-state index in [1.54, 1.807) is 12.5 Å². The summed E-state index contributed by atoms with van der Waals surface area (Å²) in [6.07, 6.45) is 5.28. The van der Waals surface area contributed by atoms with E-state index < -0.39 is 0 Å². The molecule has 0 saturated carbocycles. The lowest BCUT2D eigenvalue weighted by molar-refractivity contribution is -0.129. The van der Waals surface area contributed by atoms with Crippen molar-refractivity contribution in [2.24, 2.45) is 0 Å². The molecule has 3 rings (SSSR count). The number of aromatic nitrogens is 2. The molecule has 8 heteroatoms. The molecule has 1 aromatic carbocycles. The van der Waals surface area contributed by atoms with Crippen molar-refractivity contribution in [1.82, 2.24) is 20.2 Å². The van der Waals surface area contributed by atoms with E-state index in [2.05, 4.69) is 21.7 Å². The molecule has 1 saturated heterocycles. The van der Waals surface area contributed by atoms with Gasteiger partial charge in [-0.1, -0.05) is 12.1 Å². The monoisotopic (exact) mass is 386 g/mol. The first kappa shape index (κ1) is 21.4. The molecule has 1 aromatic heterocycles. The van der Waals surface area contributed by atoms with Crippen LogP contribution in [0.15, 0.2) is 43.0 Å². The highest BCUT2D eigenvalue weighted by atomic mass is 35.5. The molecule has 0 bridgehead atoms. The van der Waals surface area contributed by atoms with Crippen LogP contribution in [-0.4, -0.2) is 40.8 Å². The van der Waals surface area contributed by atoms with Gasteiger partial charge in [0.1, 0.15) is 6.04 Å². The van der Waals surface area contributed by atoms with Gasteiger partial charge in [0.2, 0.25) is 5.91 Å². The number of nitrogens with zero attached hydrogens (tertiary/aromatic N) is 2. The molecule has 3 atom stereocenters. The van der Waals surface area contributed by atoms with Gasteiger partial charge >= 0.3 is 0 Å². The summed E-state index contributed by atoms with van der Waals surface area (Å²) in [6, 6.07) is 7.68. The predicted molar refractivity (Wildman–Crippen MR) is 102 cm³/mol. The molecule has 0 radical (unpaired) electrons. The predicted octanol–water partition coefficient (Wildman–Crippen LogP) is 2.27. The smallest absolute Gasteiger partial charge is 0.240 e. The molecule has 1 aliphatic heterocycles. The molecule has 1 unspecified atom stereocenters. The summed E-state index contributed by atoms with van der Waals surface area (Å²) >= 11 is 0. The van der Waals surface area contributed by atoms with Crippen LogP contribution in [0.4, 0.5) is 0 Å². The lowest BCUT2D eigenvalue weighted by Crippen LogP contribution is -2.55. The van der Waals surface area contributed by atoms with Gasteiger partial charge in [0, 0.05) is 24.6 Å². The van der Waals surface area contributed by atoms with E-state index >= 15 is 0 Å². The average molecular weight is 387 g/mol. The van der Waals surface area contributed by atoms with Crippen LogP contribution in [0.1, 0.15) is 25.5 Å². The Morgan fingerprint density at radius 3 is 2.92 bits per heavy atom. The summed E-state index contributed by atoms with van der Waals surface area (Å²) in [7, 11) is 0. The van der Waals surface area contributed by atoms with E-state index in [-0.39, 0.29) is 48.9 Å².